The summed E-state index contributed by atoms with van der Waals surface area (Å²) in [6, 6.07) is 0. The van der Waals surface area contributed by atoms with Crippen LogP contribution >= 0.6 is 0 Å². The molecule has 0 saturated carbocycles. The van der Waals surface area contributed by atoms with Crippen molar-refractivity contribution in [1.29, 1.82) is 0 Å². The second-order valence-electron chi connectivity index (χ2n) is 5.68. The highest BCUT2D eigenvalue weighted by Crippen LogP contribution is 2.26. The van der Waals surface area contributed by atoms with Crippen LogP contribution in [0.5, 0.6) is 5.88 Å². The van der Waals surface area contributed by atoms with Gasteiger partial charge in [-0.1, -0.05) is 5.16 Å². The smallest absolute Gasteiger partial charge is 0.257 e. The SMILES string of the molecule is CN(C)c1nccnc1OC1CCCN(S(=O)(=O)c2cnoc2)C1. The van der Waals surface area contributed by atoms with E-state index in [1.807, 2.05) is 14.1 Å². The quantitative estimate of drug-likeness (QED) is 0.776. The van der Waals surface area contributed by atoms with Gasteiger partial charge in [-0.2, -0.15) is 4.31 Å². The van der Waals surface area contributed by atoms with Crippen molar-refractivity contribution < 1.29 is 17.7 Å². The topological polar surface area (TPSA) is 102 Å². The van der Waals surface area contributed by atoms with Crippen molar-refractivity contribution in [2.24, 2.45) is 0 Å². The first-order valence-electron chi connectivity index (χ1n) is 7.53. The van der Waals surface area contributed by atoms with Crippen LogP contribution in [0, 0.1) is 0 Å². The number of piperidine rings is 1. The van der Waals surface area contributed by atoms with E-state index >= 15 is 0 Å². The van der Waals surface area contributed by atoms with Gasteiger partial charge in [-0.05, 0) is 12.8 Å². The summed E-state index contributed by atoms with van der Waals surface area (Å²) in [6.07, 6.45) is 6.64. The van der Waals surface area contributed by atoms with Crippen molar-refractivity contribution in [3.63, 3.8) is 0 Å². The molecular weight excluding hydrogens is 334 g/mol. The molecule has 1 saturated heterocycles. The first-order chi connectivity index (χ1) is 11.5. The van der Waals surface area contributed by atoms with Crippen molar-refractivity contribution in [3.8, 4) is 5.88 Å². The van der Waals surface area contributed by atoms with Crippen LogP contribution in [0.25, 0.3) is 0 Å². The Labute approximate surface area is 140 Å². The minimum absolute atomic E-state index is 0.0524. The van der Waals surface area contributed by atoms with Gasteiger partial charge >= 0.3 is 0 Å². The van der Waals surface area contributed by atoms with E-state index < -0.39 is 10.0 Å². The number of sulfonamides is 1. The lowest BCUT2D eigenvalue weighted by Gasteiger charge is -2.31. The largest absolute Gasteiger partial charge is 0.470 e. The minimum atomic E-state index is -3.62. The second kappa shape index (κ2) is 6.73. The molecule has 2 aromatic heterocycles. The van der Waals surface area contributed by atoms with Gasteiger partial charge in [0, 0.05) is 33.0 Å². The highest BCUT2D eigenvalue weighted by molar-refractivity contribution is 7.89. The van der Waals surface area contributed by atoms with Crippen LogP contribution in [0.15, 0.2) is 34.3 Å². The number of rotatable bonds is 5. The van der Waals surface area contributed by atoms with Crippen LogP contribution in [0.2, 0.25) is 0 Å². The number of ether oxygens (including phenoxy) is 1. The molecule has 1 fully saturated rings. The normalized spacial score (nSPS) is 19.2. The Kier molecular flexibility index (Phi) is 4.67. The van der Waals surface area contributed by atoms with Gasteiger partial charge in [-0.15, -0.1) is 0 Å². The molecule has 10 heteroatoms. The van der Waals surface area contributed by atoms with E-state index in [0.717, 1.165) is 12.7 Å². The monoisotopic (exact) mass is 353 g/mol. The van der Waals surface area contributed by atoms with Gasteiger partial charge in [-0.3, -0.25) is 0 Å². The summed E-state index contributed by atoms with van der Waals surface area (Å²) in [6.45, 7) is 0.686. The van der Waals surface area contributed by atoms with E-state index in [9.17, 15) is 8.42 Å². The first-order valence-corrected chi connectivity index (χ1v) is 8.97. The van der Waals surface area contributed by atoms with E-state index in [0.29, 0.717) is 24.7 Å². The molecule has 3 heterocycles. The Bertz CT molecular complexity index is 778. The third-order valence-corrected chi connectivity index (χ3v) is 5.55. The number of hydrogen-bond donors (Lipinski definition) is 0. The van der Waals surface area contributed by atoms with Gasteiger partial charge in [0.25, 0.3) is 5.88 Å². The van der Waals surface area contributed by atoms with Crippen molar-refractivity contribution in [2.75, 3.05) is 32.1 Å². The Balaban J connectivity index is 1.75. The molecule has 0 N–H and O–H groups in total. The van der Waals surface area contributed by atoms with Crippen LogP contribution in [0.1, 0.15) is 12.8 Å². The van der Waals surface area contributed by atoms with Crippen molar-refractivity contribution in [2.45, 2.75) is 23.8 Å². The fourth-order valence-electron chi connectivity index (χ4n) is 2.56. The zero-order chi connectivity index (χ0) is 17.2. The summed E-state index contributed by atoms with van der Waals surface area (Å²) in [5.74, 6) is 1.01. The lowest BCUT2D eigenvalue weighted by Crippen LogP contribution is -2.44. The van der Waals surface area contributed by atoms with Crippen molar-refractivity contribution >= 4 is 15.8 Å². The number of nitrogens with zero attached hydrogens (tertiary/aromatic N) is 5. The van der Waals surface area contributed by atoms with Gasteiger partial charge in [0.1, 0.15) is 17.3 Å². The standard InChI is InChI=1S/C14H19N5O4S/c1-18(2)13-14(16-6-5-15-13)23-11-4-3-7-19(9-11)24(20,21)12-8-17-22-10-12/h5-6,8,10-11H,3-4,7,9H2,1-2H3. The molecular formula is C14H19N5O4S. The average Bonchev–Trinajstić information content (AvgIpc) is 3.11. The van der Waals surface area contributed by atoms with Crippen molar-refractivity contribution in [3.05, 3.63) is 24.9 Å². The van der Waals surface area contributed by atoms with Gasteiger partial charge in [0.15, 0.2) is 5.82 Å². The highest BCUT2D eigenvalue weighted by atomic mass is 32.2. The van der Waals surface area contributed by atoms with Gasteiger partial charge in [0.2, 0.25) is 10.0 Å². The summed E-state index contributed by atoms with van der Waals surface area (Å²) in [7, 11) is 0.0755. The molecule has 0 amide bonds. The van der Waals surface area contributed by atoms with E-state index in [2.05, 4.69) is 19.6 Å². The maximum Gasteiger partial charge on any atom is 0.257 e. The number of aromatic nitrogens is 3. The number of hydrogen-bond acceptors (Lipinski definition) is 8. The summed E-state index contributed by atoms with van der Waals surface area (Å²) in [4.78, 5) is 10.3. The van der Waals surface area contributed by atoms with Gasteiger partial charge < -0.3 is 14.2 Å². The lowest BCUT2D eigenvalue weighted by atomic mass is 10.1. The highest BCUT2D eigenvalue weighted by Gasteiger charge is 2.32. The molecule has 0 radical (unpaired) electrons. The molecule has 24 heavy (non-hydrogen) atoms. The van der Waals surface area contributed by atoms with E-state index in [-0.39, 0.29) is 17.5 Å². The molecule has 1 unspecified atom stereocenters. The predicted molar refractivity (Wildman–Crippen MR) is 85.3 cm³/mol. The van der Waals surface area contributed by atoms with E-state index in [1.165, 1.54) is 10.5 Å². The second-order valence-corrected chi connectivity index (χ2v) is 7.62. The van der Waals surface area contributed by atoms with Crippen LogP contribution in [0.3, 0.4) is 0 Å². The Hall–Kier alpha value is -2.20. The van der Waals surface area contributed by atoms with Gasteiger partial charge in [0.05, 0.1) is 12.7 Å². The molecule has 0 spiro atoms. The van der Waals surface area contributed by atoms with E-state index in [4.69, 9.17) is 4.74 Å². The zero-order valence-corrected chi connectivity index (χ0v) is 14.3. The molecule has 0 aromatic carbocycles. The molecule has 2 aromatic rings. The van der Waals surface area contributed by atoms with E-state index in [1.54, 1.807) is 17.3 Å². The maximum absolute atomic E-state index is 12.6. The molecule has 9 nitrogen and oxygen atoms in total. The summed E-state index contributed by atoms with van der Waals surface area (Å²) < 4.78 is 37.1. The molecule has 0 aliphatic carbocycles. The fourth-order valence-corrected chi connectivity index (χ4v) is 3.93. The third-order valence-electron chi connectivity index (χ3n) is 3.74. The van der Waals surface area contributed by atoms with Crippen LogP contribution < -0.4 is 9.64 Å². The predicted octanol–water partition coefficient (Wildman–Crippen LogP) is 0.763. The Morgan fingerprint density at radius 2 is 2.12 bits per heavy atom. The first kappa shape index (κ1) is 16.7. The molecule has 1 aliphatic heterocycles. The van der Waals surface area contributed by atoms with Crippen molar-refractivity contribution in [1.82, 2.24) is 19.4 Å². The maximum atomic E-state index is 12.6. The average molecular weight is 353 g/mol. The molecule has 1 atom stereocenters. The molecule has 3 rings (SSSR count). The Morgan fingerprint density at radius 1 is 1.33 bits per heavy atom. The molecule has 130 valence electrons. The summed E-state index contributed by atoms with van der Waals surface area (Å²) in [5.41, 5.74) is 0. The molecule has 1 aliphatic rings. The van der Waals surface area contributed by atoms with Crippen LogP contribution in [-0.2, 0) is 10.0 Å². The van der Waals surface area contributed by atoms with Crippen LogP contribution in [-0.4, -0.2) is 61.1 Å². The molecule has 0 bridgehead atoms. The summed E-state index contributed by atoms with van der Waals surface area (Å²) in [5, 5.41) is 3.47. The fraction of sp³-hybridized carbons (Fsp3) is 0.500. The zero-order valence-electron chi connectivity index (χ0n) is 13.5. The number of anilines is 1. The van der Waals surface area contributed by atoms with Gasteiger partial charge in [-0.25, -0.2) is 18.4 Å². The van der Waals surface area contributed by atoms with Crippen LogP contribution in [0.4, 0.5) is 5.82 Å². The third kappa shape index (κ3) is 3.34. The Morgan fingerprint density at radius 3 is 2.83 bits per heavy atom. The lowest BCUT2D eigenvalue weighted by molar-refractivity contribution is 0.125. The summed E-state index contributed by atoms with van der Waals surface area (Å²) >= 11 is 0. The minimum Gasteiger partial charge on any atom is -0.470 e.